The highest BCUT2D eigenvalue weighted by molar-refractivity contribution is 4.80. The molecule has 0 atom stereocenters. The van der Waals surface area contributed by atoms with E-state index < -0.39 is 0 Å². The highest BCUT2D eigenvalue weighted by atomic mass is 15.1. The van der Waals surface area contributed by atoms with Crippen LogP contribution in [0.5, 0.6) is 0 Å². The van der Waals surface area contributed by atoms with Crippen molar-refractivity contribution in [2.24, 2.45) is 0 Å². The van der Waals surface area contributed by atoms with E-state index in [2.05, 4.69) is 24.2 Å². The van der Waals surface area contributed by atoms with Crippen LogP contribution in [0.3, 0.4) is 0 Å². The Morgan fingerprint density at radius 2 is 2.08 bits per heavy atom. The molecule has 1 aliphatic carbocycles. The number of hydrogen-bond acceptors (Lipinski definition) is 2. The molecule has 1 saturated carbocycles. The zero-order valence-corrected chi connectivity index (χ0v) is 8.47. The van der Waals surface area contributed by atoms with Crippen molar-refractivity contribution in [3.63, 3.8) is 0 Å². The predicted octanol–water partition coefficient (Wildman–Crippen LogP) is 1.47. The molecule has 0 heterocycles. The van der Waals surface area contributed by atoms with E-state index in [1.807, 2.05) is 0 Å². The van der Waals surface area contributed by atoms with Gasteiger partial charge in [-0.2, -0.15) is 0 Å². The summed E-state index contributed by atoms with van der Waals surface area (Å²) >= 11 is 0. The fraction of sp³-hybridized carbons (Fsp3) is 1.00. The highest BCUT2D eigenvalue weighted by Gasteiger charge is 2.19. The van der Waals surface area contributed by atoms with E-state index in [4.69, 9.17) is 0 Å². The van der Waals surface area contributed by atoms with Gasteiger partial charge >= 0.3 is 0 Å². The van der Waals surface area contributed by atoms with E-state index in [9.17, 15) is 0 Å². The standard InChI is InChI=1S/C10H22N2/c1-3-8-12(2)9-4-7-11-10-5-6-10/h10-11H,3-9H2,1-2H3. The summed E-state index contributed by atoms with van der Waals surface area (Å²) in [5.41, 5.74) is 0. The van der Waals surface area contributed by atoms with Gasteiger partial charge in [0.2, 0.25) is 0 Å². The lowest BCUT2D eigenvalue weighted by atomic mass is 10.3. The van der Waals surface area contributed by atoms with Gasteiger partial charge in [-0.15, -0.1) is 0 Å². The van der Waals surface area contributed by atoms with E-state index in [1.165, 1.54) is 45.3 Å². The molecule has 1 rings (SSSR count). The van der Waals surface area contributed by atoms with Crippen molar-refractivity contribution in [2.45, 2.75) is 38.6 Å². The molecule has 2 heteroatoms. The monoisotopic (exact) mass is 170 g/mol. The first-order chi connectivity index (χ1) is 5.83. The Labute approximate surface area is 76.3 Å². The fourth-order valence-electron chi connectivity index (χ4n) is 1.44. The first kappa shape index (κ1) is 10.0. The van der Waals surface area contributed by atoms with Crippen molar-refractivity contribution < 1.29 is 0 Å². The fourth-order valence-corrected chi connectivity index (χ4v) is 1.44. The number of hydrogen-bond donors (Lipinski definition) is 1. The third-order valence-corrected chi connectivity index (χ3v) is 2.33. The van der Waals surface area contributed by atoms with Gasteiger partial charge in [-0.05, 0) is 52.4 Å². The SMILES string of the molecule is CCCN(C)CCCNC1CC1. The van der Waals surface area contributed by atoms with Crippen molar-refractivity contribution in [1.82, 2.24) is 10.2 Å². The topological polar surface area (TPSA) is 15.3 Å². The van der Waals surface area contributed by atoms with Gasteiger partial charge < -0.3 is 10.2 Å². The maximum Gasteiger partial charge on any atom is 0.00682 e. The van der Waals surface area contributed by atoms with Crippen molar-refractivity contribution in [3.05, 3.63) is 0 Å². The van der Waals surface area contributed by atoms with Crippen LogP contribution in [0, 0.1) is 0 Å². The molecule has 0 unspecified atom stereocenters. The average Bonchev–Trinajstić information content (AvgIpc) is 2.82. The van der Waals surface area contributed by atoms with Crippen LogP contribution >= 0.6 is 0 Å². The minimum Gasteiger partial charge on any atom is -0.314 e. The third kappa shape index (κ3) is 4.73. The van der Waals surface area contributed by atoms with E-state index in [-0.39, 0.29) is 0 Å². The molecule has 1 aliphatic rings. The third-order valence-electron chi connectivity index (χ3n) is 2.33. The second-order valence-corrected chi connectivity index (χ2v) is 3.89. The molecule has 1 N–H and O–H groups in total. The van der Waals surface area contributed by atoms with E-state index in [0.29, 0.717) is 0 Å². The molecule has 2 nitrogen and oxygen atoms in total. The number of rotatable bonds is 7. The zero-order valence-electron chi connectivity index (χ0n) is 8.47. The molecular formula is C10H22N2. The van der Waals surface area contributed by atoms with Gasteiger partial charge in [0.25, 0.3) is 0 Å². The maximum absolute atomic E-state index is 3.53. The molecule has 0 bridgehead atoms. The van der Waals surface area contributed by atoms with Crippen LogP contribution in [-0.2, 0) is 0 Å². The summed E-state index contributed by atoms with van der Waals surface area (Å²) in [5.74, 6) is 0. The Balaban J connectivity index is 1.80. The van der Waals surface area contributed by atoms with Crippen LogP contribution in [0.15, 0.2) is 0 Å². The summed E-state index contributed by atoms with van der Waals surface area (Å²) in [4.78, 5) is 2.41. The van der Waals surface area contributed by atoms with E-state index in [1.54, 1.807) is 0 Å². The van der Waals surface area contributed by atoms with Crippen molar-refractivity contribution >= 4 is 0 Å². The number of nitrogens with one attached hydrogen (secondary N) is 1. The smallest absolute Gasteiger partial charge is 0.00682 e. The van der Waals surface area contributed by atoms with Gasteiger partial charge in [-0.3, -0.25) is 0 Å². The van der Waals surface area contributed by atoms with E-state index >= 15 is 0 Å². The Morgan fingerprint density at radius 3 is 2.67 bits per heavy atom. The zero-order chi connectivity index (χ0) is 8.81. The second kappa shape index (κ2) is 5.55. The molecular weight excluding hydrogens is 148 g/mol. The summed E-state index contributed by atoms with van der Waals surface area (Å²) in [7, 11) is 2.21. The largest absolute Gasteiger partial charge is 0.314 e. The molecule has 0 radical (unpaired) electrons. The molecule has 0 aromatic rings. The maximum atomic E-state index is 3.53. The Hall–Kier alpha value is -0.0800. The van der Waals surface area contributed by atoms with Crippen LogP contribution in [0.1, 0.15) is 32.6 Å². The normalized spacial score (nSPS) is 17.2. The molecule has 1 fully saturated rings. The average molecular weight is 170 g/mol. The van der Waals surface area contributed by atoms with Crippen LogP contribution in [0.4, 0.5) is 0 Å². The lowest BCUT2D eigenvalue weighted by molar-refractivity contribution is 0.327. The minimum absolute atomic E-state index is 0.876. The molecule has 0 spiro atoms. The van der Waals surface area contributed by atoms with Crippen molar-refractivity contribution in [3.8, 4) is 0 Å². The van der Waals surface area contributed by atoms with Crippen molar-refractivity contribution in [1.29, 1.82) is 0 Å². The summed E-state index contributed by atoms with van der Waals surface area (Å²) in [6, 6.07) is 0.876. The highest BCUT2D eigenvalue weighted by Crippen LogP contribution is 2.18. The number of nitrogens with zero attached hydrogens (tertiary/aromatic N) is 1. The van der Waals surface area contributed by atoms with Crippen LogP contribution < -0.4 is 5.32 Å². The Kier molecular flexibility index (Phi) is 4.62. The quantitative estimate of drug-likeness (QED) is 0.582. The molecule has 0 amide bonds. The first-order valence-electron chi connectivity index (χ1n) is 5.25. The predicted molar refractivity (Wildman–Crippen MR) is 53.4 cm³/mol. The Morgan fingerprint density at radius 1 is 1.33 bits per heavy atom. The molecule has 0 aliphatic heterocycles. The van der Waals surface area contributed by atoms with Gasteiger partial charge in [-0.1, -0.05) is 6.92 Å². The second-order valence-electron chi connectivity index (χ2n) is 3.89. The molecule has 0 aromatic heterocycles. The summed E-state index contributed by atoms with van der Waals surface area (Å²) in [6.07, 6.45) is 5.38. The summed E-state index contributed by atoms with van der Waals surface area (Å²) in [5, 5.41) is 3.53. The first-order valence-corrected chi connectivity index (χ1v) is 5.25. The van der Waals surface area contributed by atoms with E-state index in [0.717, 1.165) is 6.04 Å². The van der Waals surface area contributed by atoms with Gasteiger partial charge in [0.1, 0.15) is 0 Å². The lowest BCUT2D eigenvalue weighted by Crippen LogP contribution is -2.25. The summed E-state index contributed by atoms with van der Waals surface area (Å²) < 4.78 is 0. The van der Waals surface area contributed by atoms with Crippen LogP contribution in [-0.4, -0.2) is 37.6 Å². The lowest BCUT2D eigenvalue weighted by Gasteiger charge is -2.14. The van der Waals surface area contributed by atoms with Crippen LogP contribution in [0.25, 0.3) is 0 Å². The van der Waals surface area contributed by atoms with Crippen LogP contribution in [0.2, 0.25) is 0 Å². The van der Waals surface area contributed by atoms with Gasteiger partial charge in [0.05, 0.1) is 0 Å². The molecule has 0 saturated heterocycles. The Bertz CT molecular complexity index is 110. The van der Waals surface area contributed by atoms with Gasteiger partial charge in [-0.25, -0.2) is 0 Å². The summed E-state index contributed by atoms with van der Waals surface area (Å²) in [6.45, 7) is 5.93. The van der Waals surface area contributed by atoms with Crippen molar-refractivity contribution in [2.75, 3.05) is 26.7 Å². The minimum atomic E-state index is 0.876. The molecule has 12 heavy (non-hydrogen) atoms. The molecule has 72 valence electrons. The van der Waals surface area contributed by atoms with Gasteiger partial charge in [0, 0.05) is 6.04 Å². The van der Waals surface area contributed by atoms with Gasteiger partial charge in [0.15, 0.2) is 0 Å². The molecule has 0 aromatic carbocycles.